The second kappa shape index (κ2) is 8.36. The van der Waals surface area contributed by atoms with Crippen LogP contribution in [0.2, 0.25) is 0 Å². The topological polar surface area (TPSA) is 33.7 Å². The van der Waals surface area contributed by atoms with Crippen molar-refractivity contribution in [2.24, 2.45) is 0 Å². The molecule has 144 valence electrons. The van der Waals surface area contributed by atoms with Crippen molar-refractivity contribution in [1.29, 1.82) is 0 Å². The van der Waals surface area contributed by atoms with Crippen molar-refractivity contribution in [1.82, 2.24) is 5.32 Å². The summed E-state index contributed by atoms with van der Waals surface area (Å²) < 4.78 is 11.1. The molecular formula is C24H26N2O2. The van der Waals surface area contributed by atoms with Gasteiger partial charge in [0, 0.05) is 17.9 Å². The molecule has 4 heteroatoms. The summed E-state index contributed by atoms with van der Waals surface area (Å²) >= 11 is 0. The molecule has 1 N–H and O–H groups in total. The van der Waals surface area contributed by atoms with Crippen molar-refractivity contribution in [2.45, 2.75) is 12.5 Å². The van der Waals surface area contributed by atoms with Gasteiger partial charge in [-0.25, -0.2) is 0 Å². The van der Waals surface area contributed by atoms with E-state index in [1.165, 1.54) is 22.5 Å². The number of nitrogens with zero attached hydrogens (tertiary/aromatic N) is 1. The molecule has 1 unspecified atom stereocenters. The van der Waals surface area contributed by atoms with Crippen molar-refractivity contribution in [3.05, 3.63) is 83.9 Å². The molecule has 0 aliphatic carbocycles. The van der Waals surface area contributed by atoms with Gasteiger partial charge in [0.2, 0.25) is 0 Å². The van der Waals surface area contributed by atoms with Crippen molar-refractivity contribution < 1.29 is 9.47 Å². The first-order valence-corrected chi connectivity index (χ1v) is 9.66. The number of anilines is 2. The van der Waals surface area contributed by atoms with Crippen LogP contribution in [-0.4, -0.2) is 27.3 Å². The Morgan fingerprint density at radius 1 is 0.857 bits per heavy atom. The van der Waals surface area contributed by atoms with Gasteiger partial charge in [-0.15, -0.1) is 0 Å². The molecule has 1 aliphatic rings. The predicted molar refractivity (Wildman–Crippen MR) is 114 cm³/mol. The number of nitrogens with one attached hydrogen (secondary N) is 1. The van der Waals surface area contributed by atoms with Gasteiger partial charge in [-0.1, -0.05) is 36.4 Å². The summed E-state index contributed by atoms with van der Waals surface area (Å²) in [4.78, 5) is 2.36. The van der Waals surface area contributed by atoms with E-state index in [9.17, 15) is 0 Å². The molecule has 0 fully saturated rings. The molecule has 0 saturated carbocycles. The Balaban J connectivity index is 1.71. The maximum Gasteiger partial charge on any atom is 0.161 e. The second-order valence-electron chi connectivity index (χ2n) is 6.94. The SMILES string of the molecule is COc1cc2c(cc1OC)C(CN(c1ccccc1)c1ccccc1)NCC2. The van der Waals surface area contributed by atoms with Crippen LogP contribution in [0.25, 0.3) is 0 Å². The summed E-state index contributed by atoms with van der Waals surface area (Å²) in [5.41, 5.74) is 4.97. The summed E-state index contributed by atoms with van der Waals surface area (Å²) in [6, 6.07) is 25.5. The Bertz CT molecular complexity index is 873. The lowest BCUT2D eigenvalue weighted by Gasteiger charge is -2.34. The summed E-state index contributed by atoms with van der Waals surface area (Å²) in [5.74, 6) is 1.57. The molecule has 28 heavy (non-hydrogen) atoms. The van der Waals surface area contributed by atoms with Gasteiger partial charge >= 0.3 is 0 Å². The molecule has 0 amide bonds. The molecule has 3 aromatic rings. The summed E-state index contributed by atoms with van der Waals surface area (Å²) in [6.07, 6.45) is 0.989. The summed E-state index contributed by atoms with van der Waals surface area (Å²) in [6.45, 7) is 1.78. The highest BCUT2D eigenvalue weighted by Gasteiger charge is 2.25. The van der Waals surface area contributed by atoms with Crippen LogP contribution in [0, 0.1) is 0 Å². The molecule has 1 heterocycles. The normalized spacial score (nSPS) is 15.6. The van der Waals surface area contributed by atoms with Crippen molar-refractivity contribution in [2.75, 3.05) is 32.2 Å². The van der Waals surface area contributed by atoms with Gasteiger partial charge in [-0.05, 0) is 60.5 Å². The molecule has 1 atom stereocenters. The second-order valence-corrected chi connectivity index (χ2v) is 6.94. The zero-order valence-corrected chi connectivity index (χ0v) is 16.4. The van der Waals surface area contributed by atoms with Crippen LogP contribution < -0.4 is 19.7 Å². The summed E-state index contributed by atoms with van der Waals surface area (Å²) in [5, 5.41) is 3.70. The third kappa shape index (κ3) is 3.69. The van der Waals surface area contributed by atoms with Gasteiger partial charge in [-0.3, -0.25) is 0 Å². The molecule has 4 nitrogen and oxygen atoms in total. The van der Waals surface area contributed by atoms with E-state index in [1.54, 1.807) is 14.2 Å². The Morgan fingerprint density at radius 3 is 2.00 bits per heavy atom. The lowest BCUT2D eigenvalue weighted by Crippen LogP contribution is -2.37. The molecule has 0 spiro atoms. The zero-order chi connectivity index (χ0) is 19.3. The average molecular weight is 374 g/mol. The smallest absolute Gasteiger partial charge is 0.161 e. The van der Waals surface area contributed by atoms with Gasteiger partial charge in [0.05, 0.1) is 20.3 Å². The first-order chi connectivity index (χ1) is 13.8. The molecule has 0 saturated heterocycles. The number of ether oxygens (including phenoxy) is 2. The number of hydrogen-bond acceptors (Lipinski definition) is 4. The highest BCUT2D eigenvalue weighted by Crippen LogP contribution is 2.37. The van der Waals surface area contributed by atoms with E-state index in [0.29, 0.717) is 0 Å². The van der Waals surface area contributed by atoms with E-state index in [0.717, 1.165) is 31.0 Å². The predicted octanol–water partition coefficient (Wildman–Crippen LogP) is 4.73. The standard InChI is InChI=1S/C24H26N2O2/c1-27-23-15-18-13-14-25-22(21(18)16-24(23)28-2)17-26(19-9-5-3-6-10-19)20-11-7-4-8-12-20/h3-12,15-16,22,25H,13-14,17H2,1-2H3. The third-order valence-electron chi connectivity index (χ3n) is 5.31. The van der Waals surface area contributed by atoms with E-state index in [2.05, 4.69) is 83.0 Å². The van der Waals surface area contributed by atoms with E-state index < -0.39 is 0 Å². The Hall–Kier alpha value is -2.98. The highest BCUT2D eigenvalue weighted by molar-refractivity contribution is 5.63. The van der Waals surface area contributed by atoms with Crippen LogP contribution in [-0.2, 0) is 6.42 Å². The van der Waals surface area contributed by atoms with Crippen LogP contribution in [0.15, 0.2) is 72.8 Å². The molecule has 3 aromatic carbocycles. The molecule has 4 rings (SSSR count). The van der Waals surface area contributed by atoms with Gasteiger partial charge in [0.1, 0.15) is 0 Å². The maximum atomic E-state index is 5.56. The van der Waals surface area contributed by atoms with Crippen molar-refractivity contribution in [3.8, 4) is 11.5 Å². The quantitative estimate of drug-likeness (QED) is 0.676. The number of rotatable bonds is 6. The minimum atomic E-state index is 0.198. The van der Waals surface area contributed by atoms with E-state index in [-0.39, 0.29) is 6.04 Å². The minimum Gasteiger partial charge on any atom is -0.493 e. The highest BCUT2D eigenvalue weighted by atomic mass is 16.5. The first kappa shape index (κ1) is 18.4. The van der Waals surface area contributed by atoms with Crippen LogP contribution in [0.4, 0.5) is 11.4 Å². The number of fused-ring (bicyclic) bond motifs is 1. The fraction of sp³-hybridized carbons (Fsp3) is 0.250. The average Bonchev–Trinajstić information content (AvgIpc) is 2.77. The van der Waals surface area contributed by atoms with Gasteiger partial charge < -0.3 is 19.7 Å². The van der Waals surface area contributed by atoms with Crippen LogP contribution in [0.5, 0.6) is 11.5 Å². The zero-order valence-electron chi connectivity index (χ0n) is 16.4. The van der Waals surface area contributed by atoms with Gasteiger partial charge in [-0.2, -0.15) is 0 Å². The van der Waals surface area contributed by atoms with E-state index >= 15 is 0 Å². The van der Waals surface area contributed by atoms with E-state index in [4.69, 9.17) is 9.47 Å². The fourth-order valence-electron chi connectivity index (χ4n) is 3.89. The lowest BCUT2D eigenvalue weighted by molar-refractivity contribution is 0.352. The first-order valence-electron chi connectivity index (χ1n) is 9.66. The minimum absolute atomic E-state index is 0.198. The Morgan fingerprint density at radius 2 is 1.43 bits per heavy atom. The Kier molecular flexibility index (Phi) is 5.49. The van der Waals surface area contributed by atoms with Crippen molar-refractivity contribution >= 4 is 11.4 Å². The van der Waals surface area contributed by atoms with Gasteiger partial charge in [0.15, 0.2) is 11.5 Å². The van der Waals surface area contributed by atoms with Crippen LogP contribution in [0.1, 0.15) is 17.2 Å². The number of hydrogen-bond donors (Lipinski definition) is 1. The lowest BCUT2D eigenvalue weighted by atomic mass is 9.93. The molecule has 0 aromatic heterocycles. The summed E-state index contributed by atoms with van der Waals surface area (Å²) in [7, 11) is 3.38. The largest absolute Gasteiger partial charge is 0.493 e. The number of methoxy groups -OCH3 is 2. The third-order valence-corrected chi connectivity index (χ3v) is 5.31. The van der Waals surface area contributed by atoms with Crippen LogP contribution >= 0.6 is 0 Å². The number of para-hydroxylation sites is 2. The molecule has 0 radical (unpaired) electrons. The van der Waals surface area contributed by atoms with E-state index in [1.807, 2.05) is 0 Å². The van der Waals surface area contributed by atoms with Crippen LogP contribution in [0.3, 0.4) is 0 Å². The monoisotopic (exact) mass is 374 g/mol. The fourth-order valence-corrected chi connectivity index (χ4v) is 3.89. The van der Waals surface area contributed by atoms with Gasteiger partial charge in [0.25, 0.3) is 0 Å². The molecule has 0 bridgehead atoms. The Labute approximate surface area is 166 Å². The molecular weight excluding hydrogens is 348 g/mol. The maximum absolute atomic E-state index is 5.56. The molecule has 1 aliphatic heterocycles. The number of benzene rings is 3. The van der Waals surface area contributed by atoms with Crippen molar-refractivity contribution in [3.63, 3.8) is 0 Å².